The fourth-order valence-corrected chi connectivity index (χ4v) is 2.51. The van der Waals surface area contributed by atoms with Gasteiger partial charge in [-0.1, -0.05) is 30.3 Å². The Kier molecular flexibility index (Phi) is 3.65. The first-order valence-electron chi connectivity index (χ1n) is 6.81. The van der Waals surface area contributed by atoms with Crippen LogP contribution in [0.3, 0.4) is 0 Å². The first-order valence-corrected chi connectivity index (χ1v) is 6.81. The number of hydrogen-bond acceptors (Lipinski definition) is 3. The van der Waals surface area contributed by atoms with E-state index >= 15 is 0 Å². The second-order valence-electron chi connectivity index (χ2n) is 5.01. The number of rotatable bonds is 3. The number of ether oxygens (including phenoxy) is 1. The minimum absolute atomic E-state index is 0.379. The lowest BCUT2D eigenvalue weighted by molar-refractivity contribution is -0.142. The number of nitrogens with two attached hydrogens (primary N) is 1. The van der Waals surface area contributed by atoms with Crippen molar-refractivity contribution in [1.29, 1.82) is 0 Å². The Bertz CT molecular complexity index is 827. The van der Waals surface area contributed by atoms with Crippen molar-refractivity contribution in [2.24, 2.45) is 5.73 Å². The molecule has 1 aromatic heterocycles. The molecule has 0 spiro atoms. The molecule has 4 nitrogen and oxygen atoms in total. The Morgan fingerprint density at radius 2 is 1.95 bits per heavy atom. The number of hydrogen-bond donors (Lipinski definition) is 2. The van der Waals surface area contributed by atoms with Crippen molar-refractivity contribution in [3.63, 3.8) is 0 Å². The number of halogens is 1. The highest BCUT2D eigenvalue weighted by Crippen LogP contribution is 2.29. The molecule has 2 aromatic carbocycles. The van der Waals surface area contributed by atoms with Gasteiger partial charge in [-0.25, -0.2) is 4.39 Å². The van der Waals surface area contributed by atoms with E-state index in [1.54, 1.807) is 0 Å². The van der Waals surface area contributed by atoms with E-state index in [1.165, 1.54) is 19.2 Å². The van der Waals surface area contributed by atoms with E-state index < -0.39 is 17.8 Å². The molecule has 0 saturated carbocycles. The van der Waals surface area contributed by atoms with E-state index in [-0.39, 0.29) is 0 Å². The Labute approximate surface area is 126 Å². The number of benzene rings is 2. The van der Waals surface area contributed by atoms with Crippen LogP contribution in [0, 0.1) is 5.82 Å². The second-order valence-corrected chi connectivity index (χ2v) is 5.01. The fraction of sp³-hybridized carbons (Fsp3) is 0.118. The summed E-state index contributed by atoms with van der Waals surface area (Å²) < 4.78 is 18.5. The van der Waals surface area contributed by atoms with Crippen LogP contribution in [-0.4, -0.2) is 18.1 Å². The molecule has 1 atom stereocenters. The van der Waals surface area contributed by atoms with Crippen molar-refractivity contribution in [1.82, 2.24) is 4.98 Å². The summed E-state index contributed by atoms with van der Waals surface area (Å²) in [5.41, 5.74) is 8.69. The van der Waals surface area contributed by atoms with Crippen LogP contribution in [0.25, 0.3) is 22.2 Å². The average Bonchev–Trinajstić information content (AvgIpc) is 2.97. The standard InChI is InChI=1S/C17H15FN2O2/c1-22-17(21)15(19)13-9-12(18)7-11-8-14(20-16(11)13)10-5-3-2-4-6-10/h2-9,15,20H,19H2,1H3. The van der Waals surface area contributed by atoms with Crippen LogP contribution in [0.15, 0.2) is 48.5 Å². The van der Waals surface area contributed by atoms with Gasteiger partial charge in [-0.15, -0.1) is 0 Å². The number of nitrogens with one attached hydrogen (secondary N) is 1. The Morgan fingerprint density at radius 3 is 2.64 bits per heavy atom. The molecule has 1 unspecified atom stereocenters. The van der Waals surface area contributed by atoms with Crippen molar-refractivity contribution in [3.05, 3.63) is 59.9 Å². The van der Waals surface area contributed by atoms with E-state index in [0.717, 1.165) is 11.3 Å². The molecule has 0 amide bonds. The number of aromatic nitrogens is 1. The third kappa shape index (κ3) is 2.46. The van der Waals surface area contributed by atoms with Crippen molar-refractivity contribution >= 4 is 16.9 Å². The number of esters is 1. The monoisotopic (exact) mass is 298 g/mol. The Balaban J connectivity index is 2.17. The van der Waals surface area contributed by atoms with Crippen LogP contribution < -0.4 is 5.73 Å². The highest BCUT2D eigenvalue weighted by molar-refractivity contribution is 5.92. The van der Waals surface area contributed by atoms with Gasteiger partial charge in [-0.05, 0) is 23.8 Å². The molecular formula is C17H15FN2O2. The summed E-state index contributed by atoms with van der Waals surface area (Å²) >= 11 is 0. The lowest BCUT2D eigenvalue weighted by atomic mass is 10.0. The molecule has 3 N–H and O–H groups in total. The van der Waals surface area contributed by atoms with Crippen LogP contribution in [0.2, 0.25) is 0 Å². The average molecular weight is 298 g/mol. The van der Waals surface area contributed by atoms with Gasteiger partial charge in [0.25, 0.3) is 0 Å². The zero-order valence-corrected chi connectivity index (χ0v) is 12.0. The molecule has 0 radical (unpaired) electrons. The van der Waals surface area contributed by atoms with Gasteiger partial charge in [0.2, 0.25) is 0 Å². The first kappa shape index (κ1) is 14.3. The van der Waals surface area contributed by atoms with Gasteiger partial charge < -0.3 is 15.5 Å². The zero-order chi connectivity index (χ0) is 15.7. The van der Waals surface area contributed by atoms with Crippen LogP contribution in [-0.2, 0) is 9.53 Å². The molecule has 0 fully saturated rings. The van der Waals surface area contributed by atoms with Gasteiger partial charge >= 0.3 is 5.97 Å². The van der Waals surface area contributed by atoms with Crippen molar-refractivity contribution in [2.75, 3.05) is 7.11 Å². The van der Waals surface area contributed by atoms with Crippen LogP contribution >= 0.6 is 0 Å². The highest BCUT2D eigenvalue weighted by atomic mass is 19.1. The topological polar surface area (TPSA) is 68.1 Å². The molecule has 3 rings (SSSR count). The predicted molar refractivity (Wildman–Crippen MR) is 82.6 cm³/mol. The van der Waals surface area contributed by atoms with Gasteiger partial charge in [0, 0.05) is 16.6 Å². The lowest BCUT2D eigenvalue weighted by Crippen LogP contribution is -2.23. The quantitative estimate of drug-likeness (QED) is 0.730. The number of methoxy groups -OCH3 is 1. The minimum atomic E-state index is -1.04. The maximum absolute atomic E-state index is 13.8. The third-order valence-electron chi connectivity index (χ3n) is 3.60. The van der Waals surface area contributed by atoms with E-state index in [2.05, 4.69) is 9.72 Å². The van der Waals surface area contributed by atoms with Gasteiger partial charge in [0.15, 0.2) is 0 Å². The molecule has 0 aliphatic rings. The number of H-pyrrole nitrogens is 1. The molecule has 112 valence electrons. The van der Waals surface area contributed by atoms with E-state index in [0.29, 0.717) is 16.5 Å². The summed E-state index contributed by atoms with van der Waals surface area (Å²) in [6.45, 7) is 0. The Morgan fingerprint density at radius 1 is 1.23 bits per heavy atom. The highest BCUT2D eigenvalue weighted by Gasteiger charge is 2.21. The summed E-state index contributed by atoms with van der Waals surface area (Å²) in [7, 11) is 1.25. The van der Waals surface area contributed by atoms with Gasteiger partial charge in [-0.2, -0.15) is 0 Å². The molecular weight excluding hydrogens is 283 g/mol. The molecule has 5 heteroatoms. The van der Waals surface area contributed by atoms with Crippen LogP contribution in [0.4, 0.5) is 4.39 Å². The number of carbonyl (C=O) groups excluding carboxylic acids is 1. The molecule has 1 heterocycles. The summed E-state index contributed by atoms with van der Waals surface area (Å²) in [5, 5.41) is 0.660. The minimum Gasteiger partial charge on any atom is -0.468 e. The number of carbonyl (C=O) groups is 1. The predicted octanol–water partition coefficient (Wildman–Crippen LogP) is 3.15. The molecule has 0 bridgehead atoms. The summed E-state index contributed by atoms with van der Waals surface area (Å²) in [6, 6.07) is 13.1. The summed E-state index contributed by atoms with van der Waals surface area (Å²) in [5.74, 6) is -1.05. The molecule has 22 heavy (non-hydrogen) atoms. The summed E-state index contributed by atoms with van der Waals surface area (Å²) in [6.07, 6.45) is 0. The van der Waals surface area contributed by atoms with Crippen LogP contribution in [0.1, 0.15) is 11.6 Å². The molecule has 3 aromatic rings. The first-order chi connectivity index (χ1) is 10.6. The number of fused-ring (bicyclic) bond motifs is 1. The van der Waals surface area contributed by atoms with E-state index in [1.807, 2.05) is 36.4 Å². The lowest BCUT2D eigenvalue weighted by Gasteiger charge is -2.11. The normalized spacial score (nSPS) is 12.3. The van der Waals surface area contributed by atoms with Gasteiger partial charge in [0.05, 0.1) is 12.6 Å². The smallest absolute Gasteiger partial charge is 0.327 e. The third-order valence-corrected chi connectivity index (χ3v) is 3.60. The SMILES string of the molecule is COC(=O)C(N)c1cc(F)cc2cc(-c3ccccc3)[nH]c12. The maximum Gasteiger partial charge on any atom is 0.327 e. The number of aromatic amines is 1. The van der Waals surface area contributed by atoms with E-state index in [9.17, 15) is 9.18 Å². The fourth-order valence-electron chi connectivity index (χ4n) is 2.51. The van der Waals surface area contributed by atoms with Crippen LogP contribution in [0.5, 0.6) is 0 Å². The van der Waals surface area contributed by atoms with Crippen molar-refractivity contribution in [3.8, 4) is 11.3 Å². The summed E-state index contributed by atoms with van der Waals surface area (Å²) in [4.78, 5) is 14.9. The second kappa shape index (κ2) is 5.61. The van der Waals surface area contributed by atoms with Gasteiger partial charge in [-0.3, -0.25) is 4.79 Å². The van der Waals surface area contributed by atoms with Crippen molar-refractivity contribution in [2.45, 2.75) is 6.04 Å². The van der Waals surface area contributed by atoms with Crippen molar-refractivity contribution < 1.29 is 13.9 Å². The zero-order valence-electron chi connectivity index (χ0n) is 12.0. The molecule has 0 aliphatic carbocycles. The van der Waals surface area contributed by atoms with E-state index in [4.69, 9.17) is 5.73 Å². The molecule has 0 aliphatic heterocycles. The molecule has 0 saturated heterocycles. The Hall–Kier alpha value is -2.66. The maximum atomic E-state index is 13.8. The van der Waals surface area contributed by atoms with Gasteiger partial charge in [0.1, 0.15) is 11.9 Å². The largest absolute Gasteiger partial charge is 0.468 e.